The Morgan fingerprint density at radius 2 is 1.80 bits per heavy atom. The number of hydrogen-bond acceptors (Lipinski definition) is 6. The Hall–Kier alpha value is -2.63. The van der Waals surface area contributed by atoms with Crippen LogP contribution in [0.1, 0.15) is 19.2 Å². The molecule has 0 aliphatic rings. The monoisotopic (exact) mass is 267 g/mol. The smallest absolute Gasteiger partial charge is 0.261 e. The summed E-state index contributed by atoms with van der Waals surface area (Å²) < 4.78 is 5.20. The molecule has 3 rings (SSSR count). The van der Waals surface area contributed by atoms with Crippen molar-refractivity contribution in [2.24, 2.45) is 0 Å². The first kappa shape index (κ1) is 12.4. The fourth-order valence-electron chi connectivity index (χ4n) is 1.78. The van der Waals surface area contributed by atoms with E-state index in [-0.39, 0.29) is 0 Å². The summed E-state index contributed by atoms with van der Waals surface area (Å²) in [5, 5.41) is 3.91. The van der Waals surface area contributed by atoms with E-state index >= 15 is 0 Å². The van der Waals surface area contributed by atoms with E-state index in [0.29, 0.717) is 17.5 Å². The van der Waals surface area contributed by atoms with Gasteiger partial charge in [-0.15, -0.1) is 0 Å². The second kappa shape index (κ2) is 5.56. The molecule has 0 atom stereocenters. The molecule has 100 valence electrons. The van der Waals surface area contributed by atoms with Crippen molar-refractivity contribution in [2.75, 3.05) is 0 Å². The van der Waals surface area contributed by atoms with Crippen LogP contribution in [0.3, 0.4) is 0 Å². The molecule has 0 aliphatic carbocycles. The standard InChI is InChI=1S/C14H13N5O/c1-2-3-12-18-14(20-19-12)11-8-16-13(17-9-11)10-4-6-15-7-5-10/h4-9H,2-3H2,1H3. The molecule has 3 aromatic heterocycles. The van der Waals surface area contributed by atoms with Crippen LogP contribution >= 0.6 is 0 Å². The zero-order valence-corrected chi connectivity index (χ0v) is 11.0. The van der Waals surface area contributed by atoms with Gasteiger partial charge in [-0.05, 0) is 18.6 Å². The lowest BCUT2D eigenvalue weighted by Gasteiger charge is -1.99. The van der Waals surface area contributed by atoms with Crippen LogP contribution in [0.15, 0.2) is 41.4 Å². The Morgan fingerprint density at radius 3 is 2.50 bits per heavy atom. The SMILES string of the molecule is CCCc1noc(-c2cnc(-c3ccncc3)nc2)n1. The van der Waals surface area contributed by atoms with Crippen LogP contribution in [0.4, 0.5) is 0 Å². The lowest BCUT2D eigenvalue weighted by Crippen LogP contribution is -1.90. The van der Waals surface area contributed by atoms with Crippen molar-refractivity contribution >= 4 is 0 Å². The third-order valence-electron chi connectivity index (χ3n) is 2.78. The van der Waals surface area contributed by atoms with Gasteiger partial charge in [-0.3, -0.25) is 4.98 Å². The minimum atomic E-state index is 0.453. The maximum absolute atomic E-state index is 5.20. The highest BCUT2D eigenvalue weighted by Crippen LogP contribution is 2.18. The number of aromatic nitrogens is 5. The predicted molar refractivity (Wildman–Crippen MR) is 72.6 cm³/mol. The Labute approximate surface area is 115 Å². The quantitative estimate of drug-likeness (QED) is 0.722. The number of nitrogens with zero attached hydrogens (tertiary/aromatic N) is 5. The van der Waals surface area contributed by atoms with Crippen LogP contribution in [0.2, 0.25) is 0 Å². The Balaban J connectivity index is 1.85. The number of rotatable bonds is 4. The fraction of sp³-hybridized carbons (Fsp3) is 0.214. The van der Waals surface area contributed by atoms with Gasteiger partial charge in [-0.25, -0.2) is 9.97 Å². The zero-order chi connectivity index (χ0) is 13.8. The number of hydrogen-bond donors (Lipinski definition) is 0. The molecule has 0 saturated heterocycles. The predicted octanol–water partition coefficient (Wildman–Crippen LogP) is 2.54. The van der Waals surface area contributed by atoms with Crippen LogP contribution < -0.4 is 0 Å². The molecule has 3 aromatic rings. The average molecular weight is 267 g/mol. The van der Waals surface area contributed by atoms with Crippen molar-refractivity contribution in [2.45, 2.75) is 19.8 Å². The van der Waals surface area contributed by atoms with Crippen molar-refractivity contribution in [1.29, 1.82) is 0 Å². The van der Waals surface area contributed by atoms with E-state index in [1.165, 1.54) is 0 Å². The molecule has 0 unspecified atom stereocenters. The van der Waals surface area contributed by atoms with Crippen LogP contribution in [0.25, 0.3) is 22.8 Å². The van der Waals surface area contributed by atoms with Gasteiger partial charge < -0.3 is 4.52 Å². The van der Waals surface area contributed by atoms with Gasteiger partial charge in [0.1, 0.15) is 0 Å². The van der Waals surface area contributed by atoms with E-state index in [1.807, 2.05) is 12.1 Å². The second-order valence-corrected chi connectivity index (χ2v) is 4.30. The van der Waals surface area contributed by atoms with Crippen LogP contribution in [0, 0.1) is 0 Å². The van der Waals surface area contributed by atoms with Crippen molar-refractivity contribution in [3.63, 3.8) is 0 Å². The molecular formula is C14H13N5O. The van der Waals surface area contributed by atoms with Crippen LogP contribution in [-0.4, -0.2) is 25.1 Å². The summed E-state index contributed by atoms with van der Waals surface area (Å²) in [5.74, 6) is 1.81. The fourth-order valence-corrected chi connectivity index (χ4v) is 1.78. The van der Waals surface area contributed by atoms with Crippen LogP contribution in [0.5, 0.6) is 0 Å². The Morgan fingerprint density at radius 1 is 1.05 bits per heavy atom. The van der Waals surface area contributed by atoms with Gasteiger partial charge in [0.2, 0.25) is 0 Å². The van der Waals surface area contributed by atoms with Gasteiger partial charge in [0, 0.05) is 36.8 Å². The van der Waals surface area contributed by atoms with Gasteiger partial charge in [0.05, 0.1) is 5.56 Å². The van der Waals surface area contributed by atoms with Crippen molar-refractivity contribution in [3.05, 3.63) is 42.7 Å². The molecule has 0 fully saturated rings. The van der Waals surface area contributed by atoms with Crippen molar-refractivity contribution in [3.8, 4) is 22.8 Å². The third-order valence-corrected chi connectivity index (χ3v) is 2.78. The van der Waals surface area contributed by atoms with Crippen molar-refractivity contribution in [1.82, 2.24) is 25.1 Å². The molecule has 20 heavy (non-hydrogen) atoms. The largest absolute Gasteiger partial charge is 0.334 e. The molecule has 0 aliphatic heterocycles. The zero-order valence-electron chi connectivity index (χ0n) is 11.0. The number of aryl methyl sites for hydroxylation is 1. The summed E-state index contributed by atoms with van der Waals surface area (Å²) >= 11 is 0. The summed E-state index contributed by atoms with van der Waals surface area (Å²) in [6.45, 7) is 2.07. The maximum Gasteiger partial charge on any atom is 0.261 e. The first-order chi connectivity index (χ1) is 9.86. The normalized spacial score (nSPS) is 10.7. The molecule has 0 bridgehead atoms. The highest BCUT2D eigenvalue weighted by Gasteiger charge is 2.09. The molecule has 0 spiro atoms. The number of pyridine rings is 1. The van der Waals surface area contributed by atoms with Gasteiger partial charge >= 0.3 is 0 Å². The van der Waals surface area contributed by atoms with E-state index in [9.17, 15) is 0 Å². The van der Waals surface area contributed by atoms with E-state index in [2.05, 4.69) is 32.0 Å². The summed E-state index contributed by atoms with van der Waals surface area (Å²) in [7, 11) is 0. The minimum absolute atomic E-state index is 0.453. The molecule has 0 N–H and O–H groups in total. The molecular weight excluding hydrogens is 254 g/mol. The third kappa shape index (κ3) is 2.54. The topological polar surface area (TPSA) is 77.6 Å². The first-order valence-electron chi connectivity index (χ1n) is 6.42. The Kier molecular flexibility index (Phi) is 3.45. The van der Waals surface area contributed by atoms with Crippen LogP contribution in [-0.2, 0) is 6.42 Å². The molecule has 6 heteroatoms. The van der Waals surface area contributed by atoms with E-state index in [1.54, 1.807) is 24.8 Å². The van der Waals surface area contributed by atoms with Crippen molar-refractivity contribution < 1.29 is 4.52 Å². The summed E-state index contributed by atoms with van der Waals surface area (Å²) in [5.41, 5.74) is 1.64. The molecule has 6 nitrogen and oxygen atoms in total. The van der Waals surface area contributed by atoms with Gasteiger partial charge in [-0.2, -0.15) is 4.98 Å². The molecule has 0 radical (unpaired) electrons. The average Bonchev–Trinajstić information content (AvgIpc) is 2.97. The summed E-state index contributed by atoms with van der Waals surface area (Å²) in [6.07, 6.45) is 8.58. The molecule has 0 aromatic carbocycles. The molecule has 3 heterocycles. The van der Waals surface area contributed by atoms with Gasteiger partial charge in [0.25, 0.3) is 5.89 Å². The van der Waals surface area contributed by atoms with E-state index in [0.717, 1.165) is 24.0 Å². The minimum Gasteiger partial charge on any atom is -0.334 e. The lowest BCUT2D eigenvalue weighted by molar-refractivity contribution is 0.422. The van der Waals surface area contributed by atoms with E-state index < -0.39 is 0 Å². The Bertz CT molecular complexity index is 678. The molecule has 0 saturated carbocycles. The maximum atomic E-state index is 5.20. The highest BCUT2D eigenvalue weighted by molar-refractivity contribution is 5.56. The molecule has 0 amide bonds. The highest BCUT2D eigenvalue weighted by atomic mass is 16.5. The van der Waals surface area contributed by atoms with E-state index in [4.69, 9.17) is 4.52 Å². The second-order valence-electron chi connectivity index (χ2n) is 4.30. The summed E-state index contributed by atoms with van der Waals surface area (Å²) in [4.78, 5) is 16.9. The van der Waals surface area contributed by atoms with Gasteiger partial charge in [-0.1, -0.05) is 12.1 Å². The summed E-state index contributed by atoms with van der Waals surface area (Å²) in [6, 6.07) is 3.72. The first-order valence-corrected chi connectivity index (χ1v) is 6.42. The lowest BCUT2D eigenvalue weighted by atomic mass is 10.2. The van der Waals surface area contributed by atoms with Gasteiger partial charge in [0.15, 0.2) is 11.6 Å².